The van der Waals surface area contributed by atoms with E-state index in [9.17, 15) is 24.6 Å². The number of ether oxygens (including phenoxy) is 6. The summed E-state index contributed by atoms with van der Waals surface area (Å²) in [5.41, 5.74) is 4.93. The Balaban J connectivity index is 0.774. The van der Waals surface area contributed by atoms with Crippen LogP contribution in [-0.4, -0.2) is 116 Å². The molecule has 0 aliphatic carbocycles. The largest absolute Gasteiger partial charge is 0.508 e. The average Bonchev–Trinajstić information content (AvgIpc) is 4.05. The molecule has 4 N–H and O–H groups in total. The SMILES string of the molecule is COc1ccc2c(Oc3ccc(OCCOCCOCCOCC(=O)NC(C(=O)N4C[C@H](O)C[C@H]4C(=O)NCc4ccc(-c5scnc5C)cc4)C(C)(C)C)cc3)c(-c3ccc(O)cc3)sc2c1. The van der Waals surface area contributed by atoms with E-state index in [4.69, 9.17) is 28.4 Å². The number of aliphatic hydroxyl groups excluding tert-OH is 1. The number of benzene rings is 4. The molecular weight excluding hydrogens is 909 g/mol. The van der Waals surface area contributed by atoms with E-state index in [1.54, 1.807) is 41.9 Å². The van der Waals surface area contributed by atoms with Crippen LogP contribution in [0, 0.1) is 12.3 Å². The lowest BCUT2D eigenvalue weighted by atomic mass is 9.85. The molecule has 3 atom stereocenters. The van der Waals surface area contributed by atoms with Crippen LogP contribution in [0.2, 0.25) is 0 Å². The fraction of sp³-hybridized carbons (Fsp3) is 0.373. The highest BCUT2D eigenvalue weighted by molar-refractivity contribution is 7.22. The van der Waals surface area contributed by atoms with Gasteiger partial charge in [0.2, 0.25) is 17.7 Å². The Morgan fingerprint density at radius 2 is 1.46 bits per heavy atom. The Morgan fingerprint density at radius 1 is 0.824 bits per heavy atom. The van der Waals surface area contributed by atoms with Gasteiger partial charge in [0.1, 0.15) is 48.3 Å². The Labute approximate surface area is 403 Å². The number of aromatic hydroxyl groups is 1. The third-order valence-electron chi connectivity index (χ3n) is 11.2. The molecule has 0 bridgehead atoms. The maximum Gasteiger partial charge on any atom is 0.246 e. The first-order chi connectivity index (χ1) is 32.8. The number of hydrogen-bond donors (Lipinski definition) is 4. The van der Waals surface area contributed by atoms with Gasteiger partial charge in [-0.25, -0.2) is 4.98 Å². The topological polar surface area (TPSA) is 187 Å². The first-order valence-electron chi connectivity index (χ1n) is 22.4. The van der Waals surface area contributed by atoms with Crippen LogP contribution in [-0.2, 0) is 35.1 Å². The summed E-state index contributed by atoms with van der Waals surface area (Å²) in [5, 5.41) is 27.1. The van der Waals surface area contributed by atoms with Gasteiger partial charge in [-0.15, -0.1) is 22.7 Å². The molecule has 15 nitrogen and oxygen atoms in total. The zero-order chi connectivity index (χ0) is 48.2. The lowest BCUT2D eigenvalue weighted by molar-refractivity contribution is -0.144. The molecule has 0 radical (unpaired) electrons. The molecule has 1 fully saturated rings. The predicted octanol–water partition coefficient (Wildman–Crippen LogP) is 7.74. The zero-order valence-corrected chi connectivity index (χ0v) is 40.5. The number of fused-ring (bicyclic) bond motifs is 1. The molecule has 3 amide bonds. The molecule has 360 valence electrons. The van der Waals surface area contributed by atoms with Crippen LogP contribution in [0.4, 0.5) is 0 Å². The van der Waals surface area contributed by atoms with Gasteiger partial charge in [0, 0.05) is 29.6 Å². The third kappa shape index (κ3) is 13.1. The van der Waals surface area contributed by atoms with Crippen molar-refractivity contribution in [3.05, 3.63) is 108 Å². The summed E-state index contributed by atoms with van der Waals surface area (Å²) < 4.78 is 35.5. The number of phenols is 1. The van der Waals surface area contributed by atoms with E-state index in [-0.39, 0.29) is 51.0 Å². The van der Waals surface area contributed by atoms with Gasteiger partial charge in [0.15, 0.2) is 5.75 Å². The van der Waals surface area contributed by atoms with Gasteiger partial charge in [0.05, 0.1) is 67.2 Å². The van der Waals surface area contributed by atoms with Crippen LogP contribution in [0.25, 0.3) is 31.0 Å². The minimum Gasteiger partial charge on any atom is -0.508 e. The van der Waals surface area contributed by atoms with E-state index in [1.165, 1.54) is 4.90 Å². The summed E-state index contributed by atoms with van der Waals surface area (Å²) in [5.74, 6) is 1.66. The zero-order valence-electron chi connectivity index (χ0n) is 38.8. The first-order valence-corrected chi connectivity index (χ1v) is 24.1. The number of aryl methyl sites for hydroxylation is 1. The molecule has 2 aromatic heterocycles. The van der Waals surface area contributed by atoms with Crippen LogP contribution >= 0.6 is 22.7 Å². The molecule has 1 aliphatic heterocycles. The number of thiophene rings is 1. The van der Waals surface area contributed by atoms with Gasteiger partial charge < -0.3 is 54.2 Å². The summed E-state index contributed by atoms with van der Waals surface area (Å²) in [6.45, 7) is 9.09. The summed E-state index contributed by atoms with van der Waals surface area (Å²) in [4.78, 5) is 48.0. The Morgan fingerprint density at radius 3 is 2.12 bits per heavy atom. The molecule has 1 unspecified atom stereocenters. The lowest BCUT2D eigenvalue weighted by Gasteiger charge is -2.35. The molecule has 68 heavy (non-hydrogen) atoms. The molecule has 7 rings (SSSR count). The van der Waals surface area contributed by atoms with Crippen molar-refractivity contribution < 1.29 is 53.0 Å². The van der Waals surface area contributed by atoms with E-state index in [0.717, 1.165) is 48.0 Å². The summed E-state index contributed by atoms with van der Waals surface area (Å²) in [6.07, 6.45) is -0.780. The number of amides is 3. The fourth-order valence-electron chi connectivity index (χ4n) is 7.61. The van der Waals surface area contributed by atoms with Gasteiger partial charge in [-0.1, -0.05) is 45.0 Å². The smallest absolute Gasteiger partial charge is 0.246 e. The number of hydrogen-bond acceptors (Lipinski definition) is 14. The molecule has 0 saturated carbocycles. The van der Waals surface area contributed by atoms with E-state index in [1.807, 2.05) is 112 Å². The van der Waals surface area contributed by atoms with Crippen molar-refractivity contribution in [1.82, 2.24) is 20.5 Å². The molecule has 3 heterocycles. The van der Waals surface area contributed by atoms with Crippen molar-refractivity contribution in [1.29, 1.82) is 0 Å². The maximum atomic E-state index is 13.9. The number of rotatable bonds is 22. The highest BCUT2D eigenvalue weighted by atomic mass is 32.1. The molecular formula is C51H58N4O11S2. The monoisotopic (exact) mass is 966 g/mol. The minimum absolute atomic E-state index is 0.0195. The predicted molar refractivity (Wildman–Crippen MR) is 262 cm³/mol. The van der Waals surface area contributed by atoms with Gasteiger partial charge in [-0.3, -0.25) is 14.4 Å². The number of phenolic OH excluding ortho intramolecular Hbond substituents is 1. The number of aromatic nitrogens is 1. The Bertz CT molecular complexity index is 2610. The highest BCUT2D eigenvalue weighted by Crippen LogP contribution is 2.47. The molecule has 0 spiro atoms. The summed E-state index contributed by atoms with van der Waals surface area (Å²) in [7, 11) is 1.64. The van der Waals surface area contributed by atoms with Gasteiger partial charge in [-0.2, -0.15) is 0 Å². The second kappa shape index (κ2) is 23.3. The van der Waals surface area contributed by atoms with E-state index < -0.39 is 35.4 Å². The van der Waals surface area contributed by atoms with Gasteiger partial charge in [0.25, 0.3) is 0 Å². The standard InChI is InChI=1S/C51H58N4O11S2/c1-32-46(67-31-53-32)34-8-6-33(7-9-34)28-52-49(59)42-26-37(57)29-55(42)50(60)48(51(2,3)4)54-44(58)30-64-23-22-62-20-21-63-24-25-65-38-14-16-39(17-15-38)66-45-41-19-18-40(61-5)27-43(41)68-47(45)35-10-12-36(56)13-11-35/h6-19,27,31,37,42,48,56-57H,20-26,28-30H2,1-5H3,(H,52,59)(H,54,58)/t37-,42+,48?/m1/s1. The van der Waals surface area contributed by atoms with Crippen LogP contribution in [0.1, 0.15) is 38.4 Å². The van der Waals surface area contributed by atoms with Crippen LogP contribution < -0.4 is 24.8 Å². The van der Waals surface area contributed by atoms with Crippen molar-refractivity contribution in [2.45, 2.75) is 58.8 Å². The molecule has 4 aromatic carbocycles. The van der Waals surface area contributed by atoms with Crippen molar-refractivity contribution in [3.63, 3.8) is 0 Å². The van der Waals surface area contributed by atoms with E-state index >= 15 is 0 Å². The third-order valence-corrected chi connectivity index (χ3v) is 13.4. The van der Waals surface area contributed by atoms with Crippen molar-refractivity contribution >= 4 is 50.5 Å². The highest BCUT2D eigenvalue weighted by Gasteiger charge is 2.44. The van der Waals surface area contributed by atoms with Gasteiger partial charge in [-0.05, 0) is 95.8 Å². The number of nitrogens with zero attached hydrogens (tertiary/aromatic N) is 2. The van der Waals surface area contributed by atoms with E-state index in [2.05, 4.69) is 15.6 Å². The molecule has 6 aromatic rings. The Kier molecular flexibility index (Phi) is 17.1. The fourth-order valence-corrected chi connectivity index (χ4v) is 9.59. The molecule has 1 saturated heterocycles. The molecule has 1 aliphatic rings. The van der Waals surface area contributed by atoms with Crippen LogP contribution in [0.5, 0.6) is 28.7 Å². The summed E-state index contributed by atoms with van der Waals surface area (Å²) in [6, 6.07) is 26.3. The number of aliphatic hydroxyl groups is 1. The molecule has 17 heteroatoms. The van der Waals surface area contributed by atoms with Crippen LogP contribution in [0.3, 0.4) is 0 Å². The normalized spacial score (nSPS) is 15.3. The van der Waals surface area contributed by atoms with Crippen LogP contribution in [0.15, 0.2) is 96.5 Å². The number of carbonyl (C=O) groups excluding carboxylic acids is 3. The van der Waals surface area contributed by atoms with Crippen molar-refractivity contribution in [3.8, 4) is 49.6 Å². The number of methoxy groups -OCH3 is 1. The average molecular weight is 967 g/mol. The number of thiazole rings is 1. The lowest BCUT2D eigenvalue weighted by Crippen LogP contribution is -2.58. The Hall–Kier alpha value is -6.08. The second-order valence-corrected chi connectivity index (χ2v) is 19.2. The number of β-amino-alcohol motifs (C(OH)–C–C–N with tert-alkyl or cyclic N) is 1. The number of likely N-dealkylation sites (tertiary alicyclic amines) is 1. The maximum absolute atomic E-state index is 13.9. The number of carbonyl (C=O) groups is 3. The second-order valence-electron chi connectivity index (χ2n) is 17.3. The first kappa shape index (κ1) is 49.8. The quantitative estimate of drug-likeness (QED) is 0.0486. The van der Waals surface area contributed by atoms with Crippen molar-refractivity contribution in [2.24, 2.45) is 5.41 Å². The minimum atomic E-state index is -0.970. The number of nitrogens with one attached hydrogen (secondary N) is 2. The van der Waals surface area contributed by atoms with Gasteiger partial charge >= 0.3 is 0 Å². The van der Waals surface area contributed by atoms with E-state index in [0.29, 0.717) is 43.7 Å². The summed E-state index contributed by atoms with van der Waals surface area (Å²) >= 11 is 3.16. The van der Waals surface area contributed by atoms with Crippen molar-refractivity contribution in [2.75, 3.05) is 59.9 Å².